The van der Waals surface area contributed by atoms with E-state index in [-0.39, 0.29) is 18.0 Å². The first kappa shape index (κ1) is 25.6. The van der Waals surface area contributed by atoms with Crippen LogP contribution in [-0.2, 0) is 23.1 Å². The normalized spacial score (nSPS) is 12.1. The van der Waals surface area contributed by atoms with Gasteiger partial charge in [0.2, 0.25) is 10.0 Å². The SMILES string of the molecule is Cc1ccc(S(=O)(=O)N(Cc2ccccc2)Cc2ccc(/C=N\NC(=O)c3c(C)nc4sccn34)o2)cc1. The largest absolute Gasteiger partial charge is 0.459 e. The standard InChI is InChI=1S/C27H25N5O4S2/c1-19-8-12-24(13-9-19)38(34,35)31(17-21-6-4-3-5-7-21)18-23-11-10-22(36-23)16-28-30-26(33)25-20(2)29-27-32(25)14-15-37-27/h3-16H,17-18H2,1-2H3,(H,30,33)/b28-16-. The van der Waals surface area contributed by atoms with Gasteiger partial charge in [-0.05, 0) is 43.7 Å². The van der Waals surface area contributed by atoms with Gasteiger partial charge >= 0.3 is 0 Å². The van der Waals surface area contributed by atoms with Gasteiger partial charge in [0.15, 0.2) is 4.96 Å². The van der Waals surface area contributed by atoms with Crippen molar-refractivity contribution in [3.63, 3.8) is 0 Å². The predicted molar refractivity (Wildman–Crippen MR) is 146 cm³/mol. The van der Waals surface area contributed by atoms with Crippen LogP contribution in [0.3, 0.4) is 0 Å². The van der Waals surface area contributed by atoms with Crippen molar-refractivity contribution in [2.24, 2.45) is 5.10 Å². The number of carbonyl (C=O) groups excluding carboxylic acids is 1. The van der Waals surface area contributed by atoms with E-state index in [1.165, 1.54) is 21.9 Å². The lowest BCUT2D eigenvalue weighted by atomic mass is 10.2. The topological polar surface area (TPSA) is 109 Å². The maximum atomic E-state index is 13.5. The highest BCUT2D eigenvalue weighted by molar-refractivity contribution is 7.89. The zero-order chi connectivity index (χ0) is 26.7. The van der Waals surface area contributed by atoms with E-state index in [9.17, 15) is 13.2 Å². The summed E-state index contributed by atoms with van der Waals surface area (Å²) in [6, 6.07) is 19.5. The van der Waals surface area contributed by atoms with Crippen molar-refractivity contribution in [3.05, 3.63) is 112 Å². The molecule has 5 aromatic rings. The van der Waals surface area contributed by atoms with Crippen LogP contribution in [-0.4, -0.2) is 34.2 Å². The van der Waals surface area contributed by atoms with Crippen LogP contribution in [0.1, 0.15) is 38.8 Å². The highest BCUT2D eigenvalue weighted by Gasteiger charge is 2.26. The summed E-state index contributed by atoms with van der Waals surface area (Å²) in [7, 11) is -3.80. The molecule has 0 fully saturated rings. The molecule has 0 aliphatic carbocycles. The summed E-state index contributed by atoms with van der Waals surface area (Å²) in [5, 5.41) is 5.86. The minimum Gasteiger partial charge on any atom is -0.459 e. The first-order valence-corrected chi connectivity index (χ1v) is 14.1. The number of nitrogens with zero attached hydrogens (tertiary/aromatic N) is 4. The number of carbonyl (C=O) groups is 1. The summed E-state index contributed by atoms with van der Waals surface area (Å²) >= 11 is 1.44. The molecule has 9 nitrogen and oxygen atoms in total. The van der Waals surface area contributed by atoms with Gasteiger partial charge in [0.1, 0.15) is 17.2 Å². The van der Waals surface area contributed by atoms with Crippen molar-refractivity contribution < 1.29 is 17.6 Å². The average Bonchev–Trinajstić information content (AvgIpc) is 3.61. The Kier molecular flexibility index (Phi) is 7.23. The van der Waals surface area contributed by atoms with Crippen molar-refractivity contribution in [1.29, 1.82) is 0 Å². The summed E-state index contributed by atoms with van der Waals surface area (Å²) in [5.41, 5.74) is 5.35. The number of hydrazone groups is 1. The number of benzene rings is 2. The van der Waals surface area contributed by atoms with Crippen molar-refractivity contribution in [1.82, 2.24) is 19.1 Å². The smallest absolute Gasteiger partial charge is 0.290 e. The second-order valence-corrected chi connectivity index (χ2v) is 11.5. The quantitative estimate of drug-likeness (QED) is 0.211. The lowest BCUT2D eigenvalue weighted by molar-refractivity contribution is 0.0948. The van der Waals surface area contributed by atoms with E-state index in [1.54, 1.807) is 53.9 Å². The Bertz CT molecular complexity index is 1700. The number of hydrogen-bond donors (Lipinski definition) is 1. The van der Waals surface area contributed by atoms with Gasteiger partial charge in [-0.25, -0.2) is 18.8 Å². The zero-order valence-electron chi connectivity index (χ0n) is 20.7. The fourth-order valence-corrected chi connectivity index (χ4v) is 6.12. The van der Waals surface area contributed by atoms with E-state index in [4.69, 9.17) is 4.42 Å². The molecule has 2 aromatic carbocycles. The van der Waals surface area contributed by atoms with Gasteiger partial charge in [0.25, 0.3) is 5.91 Å². The number of imidazole rings is 1. The van der Waals surface area contributed by atoms with Crippen molar-refractivity contribution in [2.75, 3.05) is 0 Å². The number of fused-ring (bicyclic) bond motifs is 1. The molecule has 1 amide bonds. The number of thiazole rings is 1. The third-order valence-electron chi connectivity index (χ3n) is 5.88. The summed E-state index contributed by atoms with van der Waals surface area (Å²) in [4.78, 5) is 17.9. The van der Waals surface area contributed by atoms with Gasteiger partial charge in [-0.3, -0.25) is 9.20 Å². The summed E-state index contributed by atoms with van der Waals surface area (Å²) in [6.45, 7) is 3.88. The molecule has 0 radical (unpaired) electrons. The van der Waals surface area contributed by atoms with E-state index >= 15 is 0 Å². The van der Waals surface area contributed by atoms with Crippen molar-refractivity contribution in [2.45, 2.75) is 31.8 Å². The molecule has 0 aliphatic rings. The molecule has 0 unspecified atom stereocenters. The first-order valence-electron chi connectivity index (χ1n) is 11.8. The third-order valence-corrected chi connectivity index (χ3v) is 8.45. The molecule has 0 atom stereocenters. The Morgan fingerprint density at radius 3 is 2.61 bits per heavy atom. The van der Waals surface area contributed by atoms with Crippen molar-refractivity contribution >= 4 is 38.4 Å². The molecule has 5 rings (SSSR count). The fourth-order valence-electron chi connectivity index (χ4n) is 3.97. The van der Waals surface area contributed by atoms with Crippen LogP contribution in [0.25, 0.3) is 4.96 Å². The van der Waals surface area contributed by atoms with Crippen LogP contribution in [0.2, 0.25) is 0 Å². The van der Waals surface area contributed by atoms with Crippen LogP contribution in [0.4, 0.5) is 0 Å². The number of aryl methyl sites for hydroxylation is 2. The van der Waals surface area contributed by atoms with E-state index in [0.717, 1.165) is 16.1 Å². The molecule has 11 heteroatoms. The number of hydrogen-bond acceptors (Lipinski definition) is 7. The summed E-state index contributed by atoms with van der Waals surface area (Å²) in [5.74, 6) is 0.420. The number of nitrogens with one attached hydrogen (secondary N) is 1. The molecule has 0 bridgehead atoms. The molecule has 0 saturated heterocycles. The molecule has 3 aromatic heterocycles. The first-order chi connectivity index (χ1) is 18.3. The van der Waals surface area contributed by atoms with E-state index in [1.807, 2.05) is 42.6 Å². The average molecular weight is 548 g/mol. The van der Waals surface area contributed by atoms with E-state index < -0.39 is 15.9 Å². The van der Waals surface area contributed by atoms with Crippen LogP contribution >= 0.6 is 11.3 Å². The van der Waals surface area contributed by atoms with E-state index in [0.29, 0.717) is 22.9 Å². The van der Waals surface area contributed by atoms with Crippen LogP contribution in [0.5, 0.6) is 0 Å². The second-order valence-electron chi connectivity index (χ2n) is 8.68. The van der Waals surface area contributed by atoms with Gasteiger partial charge < -0.3 is 4.42 Å². The maximum Gasteiger partial charge on any atom is 0.290 e. The molecule has 0 spiro atoms. The summed E-state index contributed by atoms with van der Waals surface area (Å²) in [6.07, 6.45) is 3.15. The molecular formula is C27H25N5O4S2. The highest BCUT2D eigenvalue weighted by atomic mass is 32.2. The van der Waals surface area contributed by atoms with Gasteiger partial charge in [-0.2, -0.15) is 9.41 Å². The zero-order valence-corrected chi connectivity index (χ0v) is 22.4. The molecule has 0 saturated carbocycles. The molecule has 0 aliphatic heterocycles. The lowest BCUT2D eigenvalue weighted by Crippen LogP contribution is -2.30. The molecule has 38 heavy (non-hydrogen) atoms. The van der Waals surface area contributed by atoms with Gasteiger partial charge in [-0.15, -0.1) is 11.3 Å². The Morgan fingerprint density at radius 1 is 1.08 bits per heavy atom. The summed E-state index contributed by atoms with van der Waals surface area (Å²) < 4.78 is 36.0. The molecule has 194 valence electrons. The Labute approximate surface area is 224 Å². The number of aromatic nitrogens is 2. The minimum atomic E-state index is -3.80. The molecule has 3 heterocycles. The third kappa shape index (κ3) is 5.44. The molecular weight excluding hydrogens is 522 g/mol. The maximum absolute atomic E-state index is 13.5. The van der Waals surface area contributed by atoms with Crippen LogP contribution in [0.15, 0.2) is 92.7 Å². The van der Waals surface area contributed by atoms with E-state index in [2.05, 4.69) is 15.5 Å². The Balaban J connectivity index is 1.32. The second kappa shape index (κ2) is 10.7. The fraction of sp³-hybridized carbons (Fsp3) is 0.148. The van der Waals surface area contributed by atoms with Gasteiger partial charge in [-0.1, -0.05) is 48.0 Å². The molecule has 1 N–H and O–H groups in total. The van der Waals surface area contributed by atoms with Gasteiger partial charge in [0, 0.05) is 18.1 Å². The minimum absolute atomic E-state index is 0.0243. The van der Waals surface area contributed by atoms with Crippen molar-refractivity contribution in [3.8, 4) is 0 Å². The van der Waals surface area contributed by atoms with Crippen LogP contribution < -0.4 is 5.43 Å². The van der Waals surface area contributed by atoms with Crippen LogP contribution in [0, 0.1) is 13.8 Å². The number of amides is 1. The lowest BCUT2D eigenvalue weighted by Gasteiger charge is -2.21. The predicted octanol–water partition coefficient (Wildman–Crippen LogP) is 4.76. The van der Waals surface area contributed by atoms with Gasteiger partial charge in [0.05, 0.1) is 23.3 Å². The number of rotatable bonds is 9. The number of furan rings is 1. The Morgan fingerprint density at radius 2 is 1.84 bits per heavy atom. The monoisotopic (exact) mass is 547 g/mol. The highest BCUT2D eigenvalue weighted by Crippen LogP contribution is 2.22. The Hall–Kier alpha value is -4.06. The number of sulfonamides is 1.